The fourth-order valence-corrected chi connectivity index (χ4v) is 3.65. The van der Waals surface area contributed by atoms with Gasteiger partial charge in [-0.05, 0) is 66.2 Å². The summed E-state index contributed by atoms with van der Waals surface area (Å²) in [5, 5.41) is 2.84. The van der Waals surface area contributed by atoms with Crippen LogP contribution in [-0.4, -0.2) is 45.1 Å². The third-order valence-electron chi connectivity index (χ3n) is 5.51. The first kappa shape index (κ1) is 23.2. The molecule has 1 aliphatic heterocycles. The number of carbonyl (C=O) groups excluding carboxylic acids is 2. The van der Waals surface area contributed by atoms with E-state index in [2.05, 4.69) is 5.32 Å². The Morgan fingerprint density at radius 3 is 2.44 bits per heavy atom. The van der Waals surface area contributed by atoms with E-state index in [-0.39, 0.29) is 17.3 Å². The van der Waals surface area contributed by atoms with E-state index in [1.807, 2.05) is 11.0 Å². The summed E-state index contributed by atoms with van der Waals surface area (Å²) in [5.41, 5.74) is 2.57. The largest absolute Gasteiger partial charge is 0.497 e. The van der Waals surface area contributed by atoms with Gasteiger partial charge in [-0.2, -0.15) is 0 Å². The van der Waals surface area contributed by atoms with Gasteiger partial charge in [-0.1, -0.05) is 18.2 Å². The minimum atomic E-state index is -0.426. The van der Waals surface area contributed by atoms with Crippen LogP contribution in [0.25, 0.3) is 6.08 Å². The Kier molecular flexibility index (Phi) is 7.34. The smallest absolute Gasteiger partial charge is 0.255 e. The molecule has 0 aromatic heterocycles. The molecule has 6 nitrogen and oxygen atoms in total. The van der Waals surface area contributed by atoms with Crippen molar-refractivity contribution in [1.82, 2.24) is 0 Å². The van der Waals surface area contributed by atoms with Crippen molar-refractivity contribution in [3.8, 4) is 5.75 Å². The second-order valence-electron chi connectivity index (χ2n) is 7.77. The van der Waals surface area contributed by atoms with Crippen molar-refractivity contribution in [3.63, 3.8) is 0 Å². The molecule has 3 aromatic carbocycles. The Hall–Kier alpha value is -3.97. The van der Waals surface area contributed by atoms with Gasteiger partial charge in [0.2, 0.25) is 0 Å². The first-order valence-corrected chi connectivity index (χ1v) is 10.9. The number of halogens is 1. The van der Waals surface area contributed by atoms with E-state index < -0.39 is 5.82 Å². The van der Waals surface area contributed by atoms with Crippen molar-refractivity contribution < 1.29 is 23.5 Å². The van der Waals surface area contributed by atoms with Gasteiger partial charge in [0.15, 0.2) is 5.78 Å². The molecule has 174 valence electrons. The van der Waals surface area contributed by atoms with E-state index in [4.69, 9.17) is 9.47 Å². The molecule has 1 amide bonds. The summed E-state index contributed by atoms with van der Waals surface area (Å²) < 4.78 is 25.0. The predicted octanol–water partition coefficient (Wildman–Crippen LogP) is 4.82. The maximum Gasteiger partial charge on any atom is 0.255 e. The van der Waals surface area contributed by atoms with Gasteiger partial charge in [0.25, 0.3) is 5.91 Å². The molecule has 0 spiro atoms. The lowest BCUT2D eigenvalue weighted by Gasteiger charge is -2.29. The van der Waals surface area contributed by atoms with Gasteiger partial charge in [-0.25, -0.2) is 4.39 Å². The maximum absolute atomic E-state index is 14.6. The first-order valence-electron chi connectivity index (χ1n) is 10.9. The highest BCUT2D eigenvalue weighted by atomic mass is 19.1. The normalized spacial score (nSPS) is 13.6. The molecule has 1 fully saturated rings. The molecule has 0 atom stereocenters. The molecule has 1 saturated heterocycles. The number of amides is 1. The Labute approximate surface area is 197 Å². The number of anilines is 2. The Morgan fingerprint density at radius 1 is 1.00 bits per heavy atom. The van der Waals surface area contributed by atoms with Gasteiger partial charge < -0.3 is 19.7 Å². The molecule has 0 bridgehead atoms. The van der Waals surface area contributed by atoms with Crippen LogP contribution in [0.1, 0.15) is 26.3 Å². The summed E-state index contributed by atoms with van der Waals surface area (Å²) in [6.07, 6.45) is 3.03. The molecular formula is C27H25FN2O4. The molecule has 0 radical (unpaired) electrons. The summed E-state index contributed by atoms with van der Waals surface area (Å²) >= 11 is 0. The number of carbonyl (C=O) groups is 2. The fourth-order valence-electron chi connectivity index (χ4n) is 3.65. The van der Waals surface area contributed by atoms with E-state index in [9.17, 15) is 14.0 Å². The molecule has 0 aliphatic carbocycles. The summed E-state index contributed by atoms with van der Waals surface area (Å²) in [4.78, 5) is 27.0. The number of morpholine rings is 1. The number of ether oxygens (including phenoxy) is 2. The summed E-state index contributed by atoms with van der Waals surface area (Å²) in [6.45, 7) is 2.36. The van der Waals surface area contributed by atoms with Crippen LogP contribution in [0.3, 0.4) is 0 Å². The molecular weight excluding hydrogens is 435 g/mol. The van der Waals surface area contributed by atoms with Gasteiger partial charge in [0, 0.05) is 29.9 Å². The molecule has 0 unspecified atom stereocenters. The number of benzene rings is 3. The van der Waals surface area contributed by atoms with Crippen molar-refractivity contribution in [3.05, 3.63) is 95.3 Å². The van der Waals surface area contributed by atoms with Gasteiger partial charge in [0.05, 0.1) is 26.0 Å². The van der Waals surface area contributed by atoms with Crippen LogP contribution >= 0.6 is 0 Å². The topological polar surface area (TPSA) is 67.9 Å². The molecule has 34 heavy (non-hydrogen) atoms. The number of methoxy groups -OCH3 is 1. The van der Waals surface area contributed by atoms with E-state index in [1.165, 1.54) is 12.1 Å². The molecule has 4 rings (SSSR count). The van der Waals surface area contributed by atoms with Crippen molar-refractivity contribution in [2.75, 3.05) is 43.6 Å². The highest BCUT2D eigenvalue weighted by molar-refractivity contribution is 6.07. The van der Waals surface area contributed by atoms with Crippen molar-refractivity contribution in [2.24, 2.45) is 0 Å². The summed E-state index contributed by atoms with van der Waals surface area (Å²) in [6, 6.07) is 18.4. The van der Waals surface area contributed by atoms with Gasteiger partial charge in [-0.3, -0.25) is 9.59 Å². The standard InChI is InChI=1S/C27H25FN2O4/c1-33-23-9-6-20(7-10-23)27(32)29-22-4-2-3-19(17-22)5-12-26(31)21-8-11-25(24(28)18-21)30-13-15-34-16-14-30/h2-12,17-18H,13-16H2,1H3,(H,29,32)/b12-5+. The number of ketones is 1. The van der Waals surface area contributed by atoms with Crippen molar-refractivity contribution >= 4 is 29.1 Å². The lowest BCUT2D eigenvalue weighted by atomic mass is 10.1. The number of hydrogen-bond donors (Lipinski definition) is 1. The molecule has 0 saturated carbocycles. The molecule has 1 aliphatic rings. The van der Waals surface area contributed by atoms with Crippen LogP contribution < -0.4 is 15.0 Å². The zero-order valence-electron chi connectivity index (χ0n) is 18.8. The molecule has 1 heterocycles. The Balaban J connectivity index is 1.41. The maximum atomic E-state index is 14.6. The lowest BCUT2D eigenvalue weighted by Crippen LogP contribution is -2.36. The van der Waals surface area contributed by atoms with E-state index in [1.54, 1.807) is 67.8 Å². The van der Waals surface area contributed by atoms with E-state index >= 15 is 0 Å². The second-order valence-corrected chi connectivity index (χ2v) is 7.77. The Bertz CT molecular complexity index is 1200. The number of nitrogens with zero attached hydrogens (tertiary/aromatic N) is 1. The summed E-state index contributed by atoms with van der Waals surface area (Å²) in [7, 11) is 1.57. The SMILES string of the molecule is COc1ccc(C(=O)Nc2cccc(/C=C/C(=O)c3ccc(N4CCOCC4)c(F)c3)c2)cc1. The van der Waals surface area contributed by atoms with Gasteiger partial charge in [0.1, 0.15) is 11.6 Å². The third kappa shape index (κ3) is 5.68. The van der Waals surface area contributed by atoms with Crippen molar-refractivity contribution in [2.45, 2.75) is 0 Å². The fraction of sp³-hybridized carbons (Fsp3) is 0.185. The van der Waals surface area contributed by atoms with E-state index in [0.717, 1.165) is 5.56 Å². The van der Waals surface area contributed by atoms with Crippen LogP contribution in [0.2, 0.25) is 0 Å². The molecule has 3 aromatic rings. The number of allylic oxidation sites excluding steroid dienone is 1. The van der Waals surface area contributed by atoms with Gasteiger partial charge >= 0.3 is 0 Å². The average molecular weight is 461 g/mol. The van der Waals surface area contributed by atoms with Crippen molar-refractivity contribution in [1.29, 1.82) is 0 Å². The highest BCUT2D eigenvalue weighted by Gasteiger charge is 2.16. The van der Waals surface area contributed by atoms with Crippen LogP contribution in [0.4, 0.5) is 15.8 Å². The second kappa shape index (κ2) is 10.8. The van der Waals surface area contributed by atoms with Crippen LogP contribution in [-0.2, 0) is 4.74 Å². The number of nitrogens with one attached hydrogen (secondary N) is 1. The quantitative estimate of drug-likeness (QED) is 0.405. The zero-order chi connectivity index (χ0) is 23.9. The van der Waals surface area contributed by atoms with E-state index in [0.29, 0.717) is 49.0 Å². The van der Waals surface area contributed by atoms with Crippen LogP contribution in [0.5, 0.6) is 5.75 Å². The number of hydrogen-bond acceptors (Lipinski definition) is 5. The highest BCUT2D eigenvalue weighted by Crippen LogP contribution is 2.22. The monoisotopic (exact) mass is 460 g/mol. The zero-order valence-corrected chi connectivity index (χ0v) is 18.8. The minimum absolute atomic E-state index is 0.254. The summed E-state index contributed by atoms with van der Waals surface area (Å²) in [5.74, 6) is -0.316. The first-order chi connectivity index (χ1) is 16.5. The third-order valence-corrected chi connectivity index (χ3v) is 5.51. The van der Waals surface area contributed by atoms with Crippen LogP contribution in [0.15, 0.2) is 72.8 Å². The Morgan fingerprint density at radius 2 is 1.74 bits per heavy atom. The van der Waals surface area contributed by atoms with Crippen LogP contribution in [0, 0.1) is 5.82 Å². The molecule has 1 N–H and O–H groups in total. The lowest BCUT2D eigenvalue weighted by molar-refractivity contribution is 0.102. The number of rotatable bonds is 7. The van der Waals surface area contributed by atoms with Gasteiger partial charge in [-0.15, -0.1) is 0 Å². The molecule has 7 heteroatoms. The average Bonchev–Trinajstić information content (AvgIpc) is 2.88. The minimum Gasteiger partial charge on any atom is -0.497 e. The predicted molar refractivity (Wildman–Crippen MR) is 130 cm³/mol.